The van der Waals surface area contributed by atoms with Gasteiger partial charge >= 0.3 is 6.16 Å². The molecular formula is C13H29N3O4. The molecule has 0 bridgehead atoms. The maximum absolute atomic E-state index is 10.8. The third kappa shape index (κ3) is 21.7. The Hall–Kier alpha value is -1.53. The molecule has 0 aromatic carbocycles. The van der Waals surface area contributed by atoms with Crippen molar-refractivity contribution in [3.63, 3.8) is 0 Å². The van der Waals surface area contributed by atoms with Crippen LogP contribution >= 0.6 is 0 Å². The highest BCUT2D eigenvalue weighted by atomic mass is 16.7. The van der Waals surface area contributed by atoms with Gasteiger partial charge in [-0.3, -0.25) is 0 Å². The number of carboxylic acid groups (broad SMARTS) is 1. The summed E-state index contributed by atoms with van der Waals surface area (Å²) in [6.45, 7) is 8.65. The second-order valence-electron chi connectivity index (χ2n) is 4.50. The third-order valence-corrected chi connectivity index (χ3v) is 2.12. The van der Waals surface area contributed by atoms with E-state index in [1.165, 1.54) is 25.7 Å². The van der Waals surface area contributed by atoms with Crippen molar-refractivity contribution in [2.75, 3.05) is 13.1 Å². The molecule has 0 radical (unpaired) electrons. The summed E-state index contributed by atoms with van der Waals surface area (Å²) in [5, 5.41) is 22.4. The minimum Gasteiger partial charge on any atom is -0.572 e. The Kier molecular flexibility index (Phi) is 16.1. The molecule has 0 aliphatic carbocycles. The summed E-state index contributed by atoms with van der Waals surface area (Å²) >= 11 is 0. The van der Waals surface area contributed by atoms with E-state index in [0.717, 1.165) is 6.42 Å². The van der Waals surface area contributed by atoms with Crippen LogP contribution in [0.5, 0.6) is 0 Å². The molecule has 0 atom stereocenters. The van der Waals surface area contributed by atoms with Crippen LogP contribution in [0.3, 0.4) is 0 Å². The maximum atomic E-state index is 10.8. The van der Waals surface area contributed by atoms with Crippen LogP contribution in [0.1, 0.15) is 59.8 Å². The predicted molar refractivity (Wildman–Crippen MR) is 77.6 cm³/mol. The normalized spacial score (nSPS) is 10.8. The minimum atomic E-state index is -1.21. The fourth-order valence-electron chi connectivity index (χ4n) is 1.26. The second-order valence-corrected chi connectivity index (χ2v) is 4.50. The summed E-state index contributed by atoms with van der Waals surface area (Å²) in [6, 6.07) is 0. The predicted octanol–water partition coefficient (Wildman–Crippen LogP) is 3.53. The molecule has 2 N–H and O–H groups in total. The summed E-state index contributed by atoms with van der Waals surface area (Å²) in [7, 11) is 0. The van der Waals surface area contributed by atoms with Crippen molar-refractivity contribution < 1.29 is 19.6 Å². The zero-order valence-corrected chi connectivity index (χ0v) is 13.1. The highest BCUT2D eigenvalue weighted by molar-refractivity contribution is 5.56. The minimum absolute atomic E-state index is 0.225. The molecule has 0 spiro atoms. The van der Waals surface area contributed by atoms with Gasteiger partial charge in [-0.15, -0.1) is 0 Å². The lowest BCUT2D eigenvalue weighted by molar-refractivity contribution is -0.589. The van der Waals surface area contributed by atoms with E-state index in [4.69, 9.17) is 5.11 Å². The first-order valence-corrected chi connectivity index (χ1v) is 7.21. The fourth-order valence-corrected chi connectivity index (χ4v) is 1.26. The summed E-state index contributed by atoms with van der Waals surface area (Å²) in [6.07, 6.45) is 4.55. The van der Waals surface area contributed by atoms with Crippen LogP contribution in [0.25, 0.3) is 0 Å². The van der Waals surface area contributed by atoms with E-state index >= 15 is 0 Å². The van der Waals surface area contributed by atoms with Crippen LogP contribution in [0.4, 0.5) is 4.79 Å². The molecular weight excluding hydrogens is 262 g/mol. The number of ether oxygens (including phenoxy) is 1. The number of hydrogen-bond donors (Lipinski definition) is 2. The van der Waals surface area contributed by atoms with Gasteiger partial charge in [-0.25, -0.2) is 4.79 Å². The topological polar surface area (TPSA) is 97.0 Å². The van der Waals surface area contributed by atoms with Crippen LogP contribution in [0.2, 0.25) is 0 Å². The van der Waals surface area contributed by atoms with Crippen LogP contribution < -0.4 is 5.43 Å². The SMILES string of the molecule is CC(C)OC(=O)O.CCCCCCCN=[N+]([O-])NCC. The first-order valence-electron chi connectivity index (χ1n) is 7.21. The number of unbranched alkanes of at least 4 members (excludes halogenated alkanes) is 4. The van der Waals surface area contributed by atoms with Gasteiger partial charge < -0.3 is 15.1 Å². The van der Waals surface area contributed by atoms with Gasteiger partial charge in [0.15, 0.2) is 0 Å². The average Bonchev–Trinajstić information content (AvgIpc) is 2.33. The van der Waals surface area contributed by atoms with E-state index in [1.807, 2.05) is 6.92 Å². The van der Waals surface area contributed by atoms with Crippen LogP contribution in [0, 0.1) is 5.21 Å². The molecule has 0 aromatic rings. The van der Waals surface area contributed by atoms with Crippen LogP contribution in [0.15, 0.2) is 5.11 Å². The molecule has 0 heterocycles. The number of carbonyl (C=O) groups is 1. The van der Waals surface area contributed by atoms with Crippen molar-refractivity contribution in [1.29, 1.82) is 0 Å². The van der Waals surface area contributed by atoms with Gasteiger partial charge in [-0.1, -0.05) is 32.6 Å². The van der Waals surface area contributed by atoms with Gasteiger partial charge in [-0.05, 0) is 32.3 Å². The Morgan fingerprint density at radius 3 is 2.30 bits per heavy atom. The van der Waals surface area contributed by atoms with Gasteiger partial charge in [0, 0.05) is 4.97 Å². The quantitative estimate of drug-likeness (QED) is 0.223. The lowest BCUT2D eigenvalue weighted by atomic mass is 10.2. The number of nitrogens with one attached hydrogen (secondary N) is 1. The van der Waals surface area contributed by atoms with Crippen molar-refractivity contribution in [2.24, 2.45) is 5.11 Å². The van der Waals surface area contributed by atoms with E-state index < -0.39 is 6.16 Å². The third-order valence-electron chi connectivity index (χ3n) is 2.12. The maximum Gasteiger partial charge on any atom is 0.506 e. The fraction of sp³-hybridized carbons (Fsp3) is 0.923. The van der Waals surface area contributed by atoms with Crippen LogP contribution in [-0.4, -0.2) is 35.4 Å². The van der Waals surface area contributed by atoms with E-state index in [9.17, 15) is 10.0 Å². The number of rotatable bonds is 9. The molecule has 0 fully saturated rings. The standard InChI is InChI=1S/C9H21N3O.C4H8O3/c1-3-5-6-7-8-9-11-12(13)10-4-2;1-3(2)7-4(5)6/h3-9H2,1-2H3,(H,10,11);3H,1-2H3,(H,5,6). The van der Waals surface area contributed by atoms with E-state index in [0.29, 0.717) is 18.1 Å². The van der Waals surface area contributed by atoms with E-state index in [-0.39, 0.29) is 6.10 Å². The van der Waals surface area contributed by atoms with Gasteiger partial charge in [0.25, 0.3) is 0 Å². The molecule has 0 saturated heterocycles. The Morgan fingerprint density at radius 2 is 1.90 bits per heavy atom. The van der Waals surface area contributed by atoms with Gasteiger partial charge in [0.1, 0.15) is 6.54 Å². The molecule has 0 aliphatic heterocycles. The Balaban J connectivity index is 0. The first-order chi connectivity index (χ1) is 9.43. The highest BCUT2D eigenvalue weighted by Crippen LogP contribution is 2.01. The molecule has 0 rings (SSSR count). The molecule has 0 unspecified atom stereocenters. The Labute approximate surface area is 121 Å². The summed E-state index contributed by atoms with van der Waals surface area (Å²) in [5.74, 6) is 0. The number of nitrogens with zero attached hydrogens (tertiary/aromatic N) is 2. The monoisotopic (exact) mass is 291 g/mol. The Morgan fingerprint density at radius 1 is 1.30 bits per heavy atom. The van der Waals surface area contributed by atoms with Crippen molar-refractivity contribution in [2.45, 2.75) is 65.9 Å². The van der Waals surface area contributed by atoms with E-state index in [2.05, 4.69) is 22.2 Å². The molecule has 20 heavy (non-hydrogen) atoms. The smallest absolute Gasteiger partial charge is 0.506 e. The lowest BCUT2D eigenvalue weighted by Gasteiger charge is -1.99. The second kappa shape index (κ2) is 15.5. The molecule has 120 valence electrons. The van der Waals surface area contributed by atoms with Crippen LogP contribution in [-0.2, 0) is 4.74 Å². The highest BCUT2D eigenvalue weighted by Gasteiger charge is 1.97. The summed E-state index contributed by atoms with van der Waals surface area (Å²) < 4.78 is 4.17. The van der Waals surface area contributed by atoms with Crippen molar-refractivity contribution >= 4 is 6.16 Å². The molecule has 0 saturated carbocycles. The van der Waals surface area contributed by atoms with Crippen molar-refractivity contribution in [3.8, 4) is 0 Å². The van der Waals surface area contributed by atoms with E-state index in [1.54, 1.807) is 13.8 Å². The van der Waals surface area contributed by atoms with Gasteiger partial charge in [-0.2, -0.15) is 5.43 Å². The number of hydrogen-bond acceptors (Lipinski definition) is 4. The Bertz CT molecular complexity index is 258. The molecule has 7 nitrogen and oxygen atoms in total. The summed E-state index contributed by atoms with van der Waals surface area (Å²) in [4.78, 5) is 10.2. The summed E-state index contributed by atoms with van der Waals surface area (Å²) in [5.41, 5.74) is 2.56. The zero-order valence-electron chi connectivity index (χ0n) is 13.1. The van der Waals surface area contributed by atoms with Crippen molar-refractivity contribution in [3.05, 3.63) is 5.21 Å². The van der Waals surface area contributed by atoms with Gasteiger partial charge in [0.05, 0.1) is 12.6 Å². The van der Waals surface area contributed by atoms with Crippen molar-refractivity contribution in [1.82, 2.24) is 5.43 Å². The largest absolute Gasteiger partial charge is 0.572 e. The molecule has 0 aliphatic rings. The number of hydrazine groups is 1. The first kappa shape index (κ1) is 20.8. The molecule has 0 amide bonds. The average molecular weight is 291 g/mol. The zero-order chi connectivity index (χ0) is 15.8. The van der Waals surface area contributed by atoms with Gasteiger partial charge in [0.2, 0.25) is 0 Å². The lowest BCUT2D eigenvalue weighted by Crippen LogP contribution is -2.22. The molecule has 0 aromatic heterocycles. The molecule has 7 heteroatoms.